The van der Waals surface area contributed by atoms with Crippen LogP contribution in [0.5, 0.6) is 0 Å². The second-order valence-electron chi connectivity index (χ2n) is 4.61. The summed E-state index contributed by atoms with van der Waals surface area (Å²) in [4.78, 5) is 0. The monoisotopic (exact) mass is 275 g/mol. The number of aliphatic hydroxyl groups excluding tert-OH is 2. The van der Waals surface area contributed by atoms with Gasteiger partial charge in [0.1, 0.15) is 0 Å². The Morgan fingerprint density at radius 3 is 2.39 bits per heavy atom. The van der Waals surface area contributed by atoms with Gasteiger partial charge in [-0.05, 0) is 20.3 Å². The minimum absolute atomic E-state index is 0.137. The van der Waals surface area contributed by atoms with Gasteiger partial charge < -0.3 is 15.5 Å². The lowest BCUT2D eigenvalue weighted by Gasteiger charge is -2.26. The van der Waals surface area contributed by atoms with E-state index in [4.69, 9.17) is 11.6 Å². The maximum Gasteiger partial charge on any atom is 0.0863 e. The molecule has 104 valence electrons. The van der Waals surface area contributed by atoms with Crippen LogP contribution in [0.25, 0.3) is 0 Å². The highest BCUT2D eigenvalue weighted by atomic mass is 35.5. The molecule has 0 aromatic carbocycles. The van der Waals surface area contributed by atoms with Gasteiger partial charge in [0.15, 0.2) is 0 Å². The first-order chi connectivity index (χ1) is 8.51. The van der Waals surface area contributed by atoms with Crippen LogP contribution in [0, 0.1) is 0 Å². The maximum absolute atomic E-state index is 9.23. The fraction of sp³-hybridized carbons (Fsp3) is 0.750. The average molecular weight is 276 g/mol. The molecule has 0 bridgehead atoms. The van der Waals surface area contributed by atoms with Gasteiger partial charge in [0.25, 0.3) is 0 Å². The topological polar surface area (TPSA) is 70.3 Å². The molecule has 3 N–H and O–H groups in total. The van der Waals surface area contributed by atoms with Crippen LogP contribution in [-0.4, -0.2) is 38.7 Å². The van der Waals surface area contributed by atoms with Crippen LogP contribution in [0.15, 0.2) is 0 Å². The third kappa shape index (κ3) is 3.23. The molecule has 0 aliphatic carbocycles. The van der Waals surface area contributed by atoms with E-state index in [1.807, 2.05) is 18.5 Å². The Kier molecular flexibility index (Phi) is 5.59. The zero-order valence-electron chi connectivity index (χ0n) is 11.2. The van der Waals surface area contributed by atoms with Crippen molar-refractivity contribution in [3.63, 3.8) is 0 Å². The molecule has 1 heterocycles. The molecule has 1 aromatic rings. The van der Waals surface area contributed by atoms with Crippen molar-refractivity contribution in [3.8, 4) is 0 Å². The summed E-state index contributed by atoms with van der Waals surface area (Å²) in [6.45, 7) is 6.71. The quantitative estimate of drug-likeness (QED) is 0.693. The molecule has 0 spiro atoms. The predicted molar refractivity (Wildman–Crippen MR) is 71.7 cm³/mol. The summed E-state index contributed by atoms with van der Waals surface area (Å²) in [5.74, 6) is 0. The Bertz CT molecular complexity index is 389. The van der Waals surface area contributed by atoms with Crippen molar-refractivity contribution in [1.29, 1.82) is 0 Å². The SMILES string of the molecule is CCc1nn(CC)c(CNC(C)(CO)CO)c1Cl. The van der Waals surface area contributed by atoms with Crippen molar-refractivity contribution >= 4 is 11.6 Å². The fourth-order valence-electron chi connectivity index (χ4n) is 1.65. The van der Waals surface area contributed by atoms with E-state index < -0.39 is 5.54 Å². The predicted octanol–water partition coefficient (Wildman–Crippen LogP) is 0.952. The van der Waals surface area contributed by atoms with E-state index in [0.717, 1.165) is 24.4 Å². The molecule has 5 nitrogen and oxygen atoms in total. The van der Waals surface area contributed by atoms with Crippen molar-refractivity contribution in [2.75, 3.05) is 13.2 Å². The fourth-order valence-corrected chi connectivity index (χ4v) is 1.98. The number of nitrogens with one attached hydrogen (secondary N) is 1. The molecular formula is C12H22ClN3O2. The Hall–Kier alpha value is -0.620. The lowest BCUT2D eigenvalue weighted by atomic mass is 10.1. The van der Waals surface area contributed by atoms with Crippen molar-refractivity contribution in [2.24, 2.45) is 0 Å². The highest BCUT2D eigenvalue weighted by Crippen LogP contribution is 2.22. The van der Waals surface area contributed by atoms with Crippen molar-refractivity contribution in [2.45, 2.75) is 45.8 Å². The Labute approximate surface area is 113 Å². The molecule has 0 radical (unpaired) electrons. The third-order valence-electron chi connectivity index (χ3n) is 3.07. The van der Waals surface area contributed by atoms with Crippen molar-refractivity contribution in [1.82, 2.24) is 15.1 Å². The standard InChI is InChI=1S/C12H22ClN3O2/c1-4-9-11(13)10(16(5-2)15-9)6-14-12(3,7-17)8-18/h14,17-18H,4-8H2,1-3H3. The van der Waals surface area contributed by atoms with E-state index in [2.05, 4.69) is 10.4 Å². The summed E-state index contributed by atoms with van der Waals surface area (Å²) in [6.07, 6.45) is 0.788. The minimum Gasteiger partial charge on any atom is -0.394 e. The number of halogens is 1. The van der Waals surface area contributed by atoms with E-state index in [-0.39, 0.29) is 13.2 Å². The molecule has 0 atom stereocenters. The van der Waals surface area contributed by atoms with Gasteiger partial charge in [-0.3, -0.25) is 4.68 Å². The summed E-state index contributed by atoms with van der Waals surface area (Å²) >= 11 is 6.28. The molecular weight excluding hydrogens is 254 g/mol. The second-order valence-corrected chi connectivity index (χ2v) is 4.99. The van der Waals surface area contributed by atoms with Gasteiger partial charge in [-0.2, -0.15) is 5.10 Å². The molecule has 0 unspecified atom stereocenters. The van der Waals surface area contributed by atoms with Gasteiger partial charge in [0.2, 0.25) is 0 Å². The second kappa shape index (κ2) is 6.52. The minimum atomic E-state index is -0.710. The van der Waals surface area contributed by atoms with Crippen LogP contribution in [0.3, 0.4) is 0 Å². The van der Waals surface area contributed by atoms with Gasteiger partial charge in [-0.25, -0.2) is 0 Å². The van der Waals surface area contributed by atoms with Crippen LogP contribution >= 0.6 is 11.6 Å². The third-order valence-corrected chi connectivity index (χ3v) is 3.51. The van der Waals surface area contributed by atoms with Crippen molar-refractivity contribution < 1.29 is 10.2 Å². The zero-order valence-corrected chi connectivity index (χ0v) is 12.0. The number of aliphatic hydroxyl groups is 2. The normalized spacial score (nSPS) is 12.1. The highest BCUT2D eigenvalue weighted by molar-refractivity contribution is 6.31. The van der Waals surface area contributed by atoms with E-state index in [1.165, 1.54) is 0 Å². The van der Waals surface area contributed by atoms with Gasteiger partial charge >= 0.3 is 0 Å². The van der Waals surface area contributed by atoms with Gasteiger partial charge in [-0.1, -0.05) is 18.5 Å². The molecule has 0 saturated heterocycles. The van der Waals surface area contributed by atoms with E-state index in [9.17, 15) is 10.2 Å². The van der Waals surface area contributed by atoms with Crippen LogP contribution in [0.1, 0.15) is 32.2 Å². The zero-order chi connectivity index (χ0) is 13.8. The van der Waals surface area contributed by atoms with E-state index in [0.29, 0.717) is 11.6 Å². The van der Waals surface area contributed by atoms with Crippen LogP contribution in [0.4, 0.5) is 0 Å². The number of hydrogen-bond donors (Lipinski definition) is 3. The summed E-state index contributed by atoms with van der Waals surface area (Å²) in [7, 11) is 0. The number of nitrogens with zero attached hydrogens (tertiary/aromatic N) is 2. The average Bonchev–Trinajstić information content (AvgIpc) is 2.72. The van der Waals surface area contributed by atoms with Crippen LogP contribution < -0.4 is 5.32 Å². The first-order valence-electron chi connectivity index (χ1n) is 6.22. The number of rotatable bonds is 7. The molecule has 0 fully saturated rings. The molecule has 0 saturated carbocycles. The van der Waals surface area contributed by atoms with Crippen molar-refractivity contribution in [3.05, 3.63) is 16.4 Å². The first-order valence-corrected chi connectivity index (χ1v) is 6.59. The van der Waals surface area contributed by atoms with E-state index in [1.54, 1.807) is 6.92 Å². The molecule has 1 rings (SSSR count). The van der Waals surface area contributed by atoms with Gasteiger partial charge in [0.05, 0.1) is 35.2 Å². The Morgan fingerprint density at radius 2 is 1.94 bits per heavy atom. The van der Waals surface area contributed by atoms with Crippen LogP contribution in [-0.2, 0) is 19.5 Å². The Morgan fingerprint density at radius 1 is 1.33 bits per heavy atom. The van der Waals surface area contributed by atoms with Gasteiger partial charge in [0, 0.05) is 13.1 Å². The molecule has 6 heteroatoms. The summed E-state index contributed by atoms with van der Waals surface area (Å²) in [5.41, 5.74) is 1.06. The first kappa shape index (κ1) is 15.4. The molecule has 18 heavy (non-hydrogen) atoms. The summed E-state index contributed by atoms with van der Waals surface area (Å²) < 4.78 is 1.85. The number of hydrogen-bond acceptors (Lipinski definition) is 4. The molecule has 0 amide bonds. The number of aromatic nitrogens is 2. The van der Waals surface area contributed by atoms with E-state index >= 15 is 0 Å². The lowest BCUT2D eigenvalue weighted by Crippen LogP contribution is -2.48. The molecule has 0 aliphatic rings. The number of aryl methyl sites for hydroxylation is 2. The maximum atomic E-state index is 9.23. The smallest absolute Gasteiger partial charge is 0.0863 e. The molecule has 0 aliphatic heterocycles. The summed E-state index contributed by atoms with van der Waals surface area (Å²) in [6, 6.07) is 0. The largest absolute Gasteiger partial charge is 0.394 e. The summed E-state index contributed by atoms with van der Waals surface area (Å²) in [5, 5.41) is 26.7. The van der Waals surface area contributed by atoms with Gasteiger partial charge in [-0.15, -0.1) is 0 Å². The highest BCUT2D eigenvalue weighted by Gasteiger charge is 2.23. The van der Waals surface area contributed by atoms with Crippen LogP contribution in [0.2, 0.25) is 5.02 Å². The lowest BCUT2D eigenvalue weighted by molar-refractivity contribution is 0.102. The molecule has 1 aromatic heterocycles. The Balaban J connectivity index is 2.87.